The van der Waals surface area contributed by atoms with Crippen LogP contribution in [-0.4, -0.2) is 48.0 Å². The van der Waals surface area contributed by atoms with Gasteiger partial charge in [0.2, 0.25) is 0 Å². The van der Waals surface area contributed by atoms with E-state index in [1.54, 1.807) is 0 Å². The molecule has 3 atom stereocenters. The van der Waals surface area contributed by atoms with Crippen molar-refractivity contribution in [2.75, 3.05) is 19.1 Å². The quantitative estimate of drug-likeness (QED) is 0.612. The van der Waals surface area contributed by atoms with Crippen molar-refractivity contribution in [3.05, 3.63) is 0 Å². The monoisotopic (exact) mass is 335 g/mol. The third-order valence-corrected chi connectivity index (χ3v) is 13.5. The summed E-state index contributed by atoms with van der Waals surface area (Å²) in [5.41, 5.74) is 0.156. The summed E-state index contributed by atoms with van der Waals surface area (Å²) in [5, 5.41) is 0. The van der Waals surface area contributed by atoms with Crippen LogP contribution in [0.5, 0.6) is 0 Å². The van der Waals surface area contributed by atoms with Crippen LogP contribution < -0.4 is 0 Å². The zero-order chi connectivity index (χ0) is 16.2. The van der Waals surface area contributed by atoms with Gasteiger partial charge in [-0.15, -0.1) is 0 Å². The molecule has 0 aliphatic rings. The highest BCUT2D eigenvalue weighted by atomic mass is 32.4. The third kappa shape index (κ3) is 6.22. The van der Waals surface area contributed by atoms with Gasteiger partial charge in [-0.2, -0.15) is 0 Å². The van der Waals surface area contributed by atoms with Crippen LogP contribution >= 0.6 is 9.48 Å². The van der Waals surface area contributed by atoms with Crippen molar-refractivity contribution in [2.45, 2.75) is 71.9 Å². The molecular formula is C15H35O2SSi2. The van der Waals surface area contributed by atoms with Crippen LogP contribution in [0.3, 0.4) is 0 Å². The molecule has 3 unspecified atom stereocenters. The Morgan fingerprint density at radius 1 is 1.20 bits per heavy atom. The van der Waals surface area contributed by atoms with Gasteiger partial charge in [-0.3, -0.25) is 9.48 Å². The lowest BCUT2D eigenvalue weighted by Gasteiger charge is -2.46. The molecule has 121 valence electrons. The molecule has 0 N–H and O–H groups in total. The van der Waals surface area contributed by atoms with Gasteiger partial charge in [-0.1, -0.05) is 41.5 Å². The molecule has 3 radical (unpaired) electrons. The Bertz CT molecular complexity index is 287. The number of rotatable bonds is 8. The summed E-state index contributed by atoms with van der Waals surface area (Å²) in [6.07, 6.45) is 6.91. The maximum Gasteiger partial charge on any atom is 0.346 e. The molecule has 0 aromatic heterocycles. The van der Waals surface area contributed by atoms with E-state index in [0.717, 1.165) is 19.4 Å². The summed E-state index contributed by atoms with van der Waals surface area (Å²) >= 11 is 0. The molecule has 0 heterocycles. The van der Waals surface area contributed by atoms with Crippen LogP contribution in [-0.2, 0) is 8.85 Å². The molecule has 2 nitrogen and oxygen atoms in total. The molecule has 0 aromatic rings. The van der Waals surface area contributed by atoms with Gasteiger partial charge >= 0.3 is 8.56 Å². The van der Waals surface area contributed by atoms with Crippen LogP contribution in [0.2, 0.25) is 6.55 Å². The Morgan fingerprint density at radius 2 is 1.70 bits per heavy atom. The molecule has 0 fully saturated rings. The minimum atomic E-state index is -2.21. The highest BCUT2D eigenvalue weighted by molar-refractivity contribution is 8.50. The highest BCUT2D eigenvalue weighted by Crippen LogP contribution is 2.45. The predicted molar refractivity (Wildman–Crippen MR) is 97.1 cm³/mol. The molecule has 0 bridgehead atoms. The first-order valence-electron chi connectivity index (χ1n) is 7.67. The fourth-order valence-corrected chi connectivity index (χ4v) is 11.0. The van der Waals surface area contributed by atoms with Crippen molar-refractivity contribution >= 4 is 27.4 Å². The van der Waals surface area contributed by atoms with Gasteiger partial charge < -0.3 is 8.85 Å². The van der Waals surface area contributed by atoms with Gasteiger partial charge in [0.15, 0.2) is 0 Å². The van der Waals surface area contributed by atoms with Gasteiger partial charge in [-0.25, -0.2) is 0 Å². The summed E-state index contributed by atoms with van der Waals surface area (Å²) in [7, 11) is 0.861. The molecule has 5 heteroatoms. The molecule has 0 saturated carbocycles. The molecule has 0 rings (SSSR count). The van der Waals surface area contributed by atoms with Crippen LogP contribution in [0.15, 0.2) is 0 Å². The SMILES string of the molecule is CCCO[Si](C)(OC(CC)C(C)(C)C)C(C)S(C)(C)[Si]. The van der Waals surface area contributed by atoms with Crippen molar-refractivity contribution < 1.29 is 8.85 Å². The van der Waals surface area contributed by atoms with Crippen molar-refractivity contribution in [1.29, 1.82) is 0 Å². The van der Waals surface area contributed by atoms with Crippen molar-refractivity contribution in [2.24, 2.45) is 5.41 Å². The largest absolute Gasteiger partial charge is 0.394 e. The lowest BCUT2D eigenvalue weighted by Crippen LogP contribution is -2.55. The van der Waals surface area contributed by atoms with E-state index in [2.05, 4.69) is 70.0 Å². The van der Waals surface area contributed by atoms with E-state index in [4.69, 9.17) is 8.85 Å². The third-order valence-electron chi connectivity index (χ3n) is 3.93. The fraction of sp³-hybridized carbons (Fsp3) is 1.00. The summed E-state index contributed by atoms with van der Waals surface area (Å²) in [6.45, 7) is 16.5. The van der Waals surface area contributed by atoms with Gasteiger partial charge in [0.1, 0.15) is 0 Å². The number of hydrogen-bond donors (Lipinski definition) is 0. The molecule has 20 heavy (non-hydrogen) atoms. The minimum Gasteiger partial charge on any atom is -0.394 e. The minimum absolute atomic E-state index is 0.156. The molecule has 0 aromatic carbocycles. The average molecular weight is 336 g/mol. The van der Waals surface area contributed by atoms with Gasteiger partial charge in [0.25, 0.3) is 0 Å². The van der Waals surface area contributed by atoms with Gasteiger partial charge in [0, 0.05) is 11.5 Å². The molecule has 0 aliphatic carbocycles. The van der Waals surface area contributed by atoms with Gasteiger partial charge in [0.05, 0.1) is 15.5 Å². The fourth-order valence-electron chi connectivity index (χ4n) is 2.24. The van der Waals surface area contributed by atoms with E-state index in [-0.39, 0.29) is 11.5 Å². The van der Waals surface area contributed by atoms with Crippen LogP contribution in [0.1, 0.15) is 54.4 Å². The molecular weight excluding hydrogens is 300 g/mol. The average Bonchev–Trinajstić information content (AvgIpc) is 2.30. The first-order chi connectivity index (χ1) is 8.88. The Morgan fingerprint density at radius 3 is 2.00 bits per heavy atom. The Balaban J connectivity index is 5.23. The van der Waals surface area contributed by atoms with E-state index in [9.17, 15) is 0 Å². The summed E-state index contributed by atoms with van der Waals surface area (Å²) < 4.78 is 12.9. The number of hydrogen-bond acceptors (Lipinski definition) is 2. The standard InChI is InChI=1S/C15H35O2SSi2/c1-10-12-16-20(9,13(3)18(7,8)19)17-14(11-2)15(4,5)6/h13-14H,10-12H2,1-9H3. The topological polar surface area (TPSA) is 18.5 Å². The van der Waals surface area contributed by atoms with Crippen LogP contribution in [0.25, 0.3) is 0 Å². The van der Waals surface area contributed by atoms with Crippen molar-refractivity contribution in [3.63, 3.8) is 0 Å². The zero-order valence-electron chi connectivity index (χ0n) is 15.0. The second-order valence-corrected chi connectivity index (χ2v) is 17.8. The van der Waals surface area contributed by atoms with E-state index in [1.165, 1.54) is 0 Å². The molecule has 0 spiro atoms. The highest BCUT2D eigenvalue weighted by Gasteiger charge is 2.45. The zero-order valence-corrected chi connectivity index (χ0v) is 17.8. The molecule has 0 amide bonds. The van der Waals surface area contributed by atoms with E-state index in [0.29, 0.717) is 4.87 Å². The van der Waals surface area contributed by atoms with Crippen LogP contribution in [0.4, 0.5) is 0 Å². The Labute approximate surface area is 133 Å². The van der Waals surface area contributed by atoms with E-state index < -0.39 is 18.0 Å². The molecule has 0 aliphatic heterocycles. The molecule has 0 saturated heterocycles. The lowest BCUT2D eigenvalue weighted by molar-refractivity contribution is 0.0385. The Kier molecular flexibility index (Phi) is 8.09. The maximum atomic E-state index is 6.65. The predicted octanol–water partition coefficient (Wildman–Crippen LogP) is 4.40. The lowest BCUT2D eigenvalue weighted by atomic mass is 9.88. The van der Waals surface area contributed by atoms with E-state index >= 15 is 0 Å². The Hall–Kier alpha value is 0.704. The smallest absolute Gasteiger partial charge is 0.346 e. The summed E-state index contributed by atoms with van der Waals surface area (Å²) in [6, 6.07) is 0. The second-order valence-electron chi connectivity index (χ2n) is 7.29. The van der Waals surface area contributed by atoms with E-state index in [1.807, 2.05) is 0 Å². The van der Waals surface area contributed by atoms with Crippen LogP contribution in [0, 0.1) is 5.41 Å². The maximum absolute atomic E-state index is 6.65. The summed E-state index contributed by atoms with van der Waals surface area (Å²) in [4.78, 5) is 0.453. The van der Waals surface area contributed by atoms with Gasteiger partial charge in [-0.05, 0) is 37.3 Å². The van der Waals surface area contributed by atoms with Crippen molar-refractivity contribution in [1.82, 2.24) is 0 Å². The normalized spacial score (nSPS) is 20.3. The van der Waals surface area contributed by atoms with Crippen molar-refractivity contribution in [3.8, 4) is 0 Å². The second kappa shape index (κ2) is 7.81. The first kappa shape index (κ1) is 20.7. The summed E-state index contributed by atoms with van der Waals surface area (Å²) in [5.74, 6) is 0. The first-order valence-corrected chi connectivity index (χ1v) is 13.8.